The van der Waals surface area contributed by atoms with Gasteiger partial charge in [-0.15, -0.1) is 0 Å². The molecule has 20 heavy (non-hydrogen) atoms. The number of benzene rings is 1. The molecule has 0 fully saturated rings. The minimum Gasteiger partial charge on any atom is -0.467 e. The van der Waals surface area contributed by atoms with E-state index in [0.717, 1.165) is 11.1 Å². The van der Waals surface area contributed by atoms with Gasteiger partial charge in [0.1, 0.15) is 12.4 Å². The van der Waals surface area contributed by atoms with Gasteiger partial charge >= 0.3 is 0 Å². The van der Waals surface area contributed by atoms with E-state index in [1.807, 2.05) is 6.92 Å². The minimum absolute atomic E-state index is 0.161. The standard InChI is InChI=1S/C16H15NO3/c1-12-10-14(7-6-13(12)4-2-8-18)16(19)17-11-15-5-3-9-20-15/h3,5-7,9-10,18H,8,11H2,1H3,(H,17,19). The van der Waals surface area contributed by atoms with Crippen LogP contribution in [0.15, 0.2) is 41.0 Å². The highest BCUT2D eigenvalue weighted by molar-refractivity contribution is 5.94. The van der Waals surface area contributed by atoms with E-state index in [0.29, 0.717) is 17.9 Å². The Hall–Kier alpha value is -2.51. The number of carbonyl (C=O) groups is 1. The summed E-state index contributed by atoms with van der Waals surface area (Å²) in [4.78, 5) is 12.0. The fourth-order valence-electron chi connectivity index (χ4n) is 1.76. The lowest BCUT2D eigenvalue weighted by Crippen LogP contribution is -2.22. The van der Waals surface area contributed by atoms with Crippen molar-refractivity contribution in [1.82, 2.24) is 5.32 Å². The molecule has 4 heteroatoms. The van der Waals surface area contributed by atoms with Gasteiger partial charge in [-0.1, -0.05) is 11.8 Å². The number of rotatable bonds is 3. The summed E-state index contributed by atoms with van der Waals surface area (Å²) in [5.41, 5.74) is 2.28. The first-order chi connectivity index (χ1) is 9.70. The van der Waals surface area contributed by atoms with Crippen molar-refractivity contribution in [3.05, 3.63) is 59.0 Å². The highest BCUT2D eigenvalue weighted by Crippen LogP contribution is 2.10. The Morgan fingerprint density at radius 3 is 2.90 bits per heavy atom. The third-order valence-corrected chi connectivity index (χ3v) is 2.79. The second-order valence-electron chi connectivity index (χ2n) is 4.25. The molecular weight excluding hydrogens is 254 g/mol. The molecule has 0 aliphatic rings. The molecule has 1 amide bonds. The van der Waals surface area contributed by atoms with Gasteiger partial charge in [0, 0.05) is 11.1 Å². The van der Waals surface area contributed by atoms with Crippen LogP contribution in [0.4, 0.5) is 0 Å². The van der Waals surface area contributed by atoms with Gasteiger partial charge in [0.25, 0.3) is 5.91 Å². The van der Waals surface area contributed by atoms with E-state index < -0.39 is 0 Å². The molecule has 0 saturated carbocycles. The monoisotopic (exact) mass is 269 g/mol. The average Bonchev–Trinajstić information content (AvgIpc) is 2.96. The van der Waals surface area contributed by atoms with Crippen molar-refractivity contribution in [2.24, 2.45) is 0 Å². The summed E-state index contributed by atoms with van der Waals surface area (Å²) < 4.78 is 5.15. The van der Waals surface area contributed by atoms with Gasteiger partial charge in [0.05, 0.1) is 12.8 Å². The Morgan fingerprint density at radius 2 is 2.25 bits per heavy atom. The maximum Gasteiger partial charge on any atom is 0.251 e. The quantitative estimate of drug-likeness (QED) is 0.836. The molecule has 2 N–H and O–H groups in total. The van der Waals surface area contributed by atoms with E-state index in [4.69, 9.17) is 9.52 Å². The Bertz CT molecular complexity index is 648. The number of hydrogen-bond acceptors (Lipinski definition) is 3. The molecule has 2 rings (SSSR count). The summed E-state index contributed by atoms with van der Waals surface area (Å²) in [6.45, 7) is 2.06. The molecule has 1 aromatic carbocycles. The number of amides is 1. The Kier molecular flexibility index (Phi) is 4.59. The number of carbonyl (C=O) groups excluding carboxylic acids is 1. The van der Waals surface area contributed by atoms with Crippen LogP contribution < -0.4 is 5.32 Å². The molecule has 0 unspecified atom stereocenters. The van der Waals surface area contributed by atoms with Gasteiger partial charge in [-0.05, 0) is 42.8 Å². The van der Waals surface area contributed by atoms with Gasteiger partial charge in [-0.25, -0.2) is 0 Å². The number of aryl methyl sites for hydroxylation is 1. The van der Waals surface area contributed by atoms with Gasteiger partial charge in [0.15, 0.2) is 0 Å². The highest BCUT2D eigenvalue weighted by atomic mass is 16.3. The fourth-order valence-corrected chi connectivity index (χ4v) is 1.76. The van der Waals surface area contributed by atoms with Crippen molar-refractivity contribution in [3.8, 4) is 11.8 Å². The van der Waals surface area contributed by atoms with Gasteiger partial charge < -0.3 is 14.8 Å². The minimum atomic E-state index is -0.176. The van der Waals surface area contributed by atoms with Crippen molar-refractivity contribution in [2.45, 2.75) is 13.5 Å². The molecule has 0 atom stereocenters. The molecule has 4 nitrogen and oxygen atoms in total. The SMILES string of the molecule is Cc1cc(C(=O)NCc2ccco2)ccc1C#CCO. The van der Waals surface area contributed by atoms with E-state index in [1.165, 1.54) is 0 Å². The summed E-state index contributed by atoms with van der Waals surface area (Å²) >= 11 is 0. The second kappa shape index (κ2) is 6.60. The topological polar surface area (TPSA) is 62.5 Å². The van der Waals surface area contributed by atoms with Crippen LogP contribution in [0.1, 0.15) is 27.2 Å². The molecule has 0 radical (unpaired) electrons. The van der Waals surface area contributed by atoms with E-state index in [2.05, 4.69) is 17.2 Å². The third kappa shape index (κ3) is 3.50. The Morgan fingerprint density at radius 1 is 1.40 bits per heavy atom. The lowest BCUT2D eigenvalue weighted by atomic mass is 10.0. The molecule has 0 saturated heterocycles. The first kappa shape index (κ1) is 13.9. The number of aliphatic hydroxyl groups is 1. The molecule has 1 heterocycles. The van der Waals surface area contributed by atoms with Crippen molar-refractivity contribution in [3.63, 3.8) is 0 Å². The first-order valence-corrected chi connectivity index (χ1v) is 6.21. The highest BCUT2D eigenvalue weighted by Gasteiger charge is 2.07. The molecular formula is C16H15NO3. The lowest BCUT2D eigenvalue weighted by Gasteiger charge is -2.05. The van der Waals surface area contributed by atoms with Gasteiger partial charge in [-0.3, -0.25) is 4.79 Å². The van der Waals surface area contributed by atoms with Crippen LogP contribution in [-0.4, -0.2) is 17.6 Å². The normalized spacial score (nSPS) is 9.70. The van der Waals surface area contributed by atoms with Crippen LogP contribution in [0.25, 0.3) is 0 Å². The number of nitrogens with one attached hydrogen (secondary N) is 1. The lowest BCUT2D eigenvalue weighted by molar-refractivity contribution is 0.0948. The van der Waals surface area contributed by atoms with E-state index >= 15 is 0 Å². The van der Waals surface area contributed by atoms with Crippen LogP contribution in [0.2, 0.25) is 0 Å². The van der Waals surface area contributed by atoms with Gasteiger partial charge in [0.2, 0.25) is 0 Å². The number of hydrogen-bond donors (Lipinski definition) is 2. The summed E-state index contributed by atoms with van der Waals surface area (Å²) in [5.74, 6) is 5.97. The van der Waals surface area contributed by atoms with Gasteiger partial charge in [-0.2, -0.15) is 0 Å². The van der Waals surface area contributed by atoms with E-state index in [1.54, 1.807) is 36.6 Å². The van der Waals surface area contributed by atoms with E-state index in [9.17, 15) is 4.79 Å². The zero-order chi connectivity index (χ0) is 14.4. The number of furan rings is 1. The zero-order valence-electron chi connectivity index (χ0n) is 11.1. The second-order valence-corrected chi connectivity index (χ2v) is 4.25. The van der Waals surface area contributed by atoms with Crippen molar-refractivity contribution in [1.29, 1.82) is 0 Å². The van der Waals surface area contributed by atoms with Crippen LogP contribution in [-0.2, 0) is 6.54 Å². The predicted octanol–water partition coefficient (Wildman–Crippen LogP) is 1.86. The molecule has 0 spiro atoms. The maximum absolute atomic E-state index is 12.0. The molecule has 0 aliphatic carbocycles. The summed E-state index contributed by atoms with van der Waals surface area (Å²) in [6, 6.07) is 8.85. The summed E-state index contributed by atoms with van der Waals surface area (Å²) in [5, 5.41) is 11.5. The van der Waals surface area contributed by atoms with Crippen LogP contribution in [0, 0.1) is 18.8 Å². The third-order valence-electron chi connectivity index (χ3n) is 2.79. The fraction of sp³-hybridized carbons (Fsp3) is 0.188. The van der Waals surface area contributed by atoms with E-state index in [-0.39, 0.29) is 12.5 Å². The maximum atomic E-state index is 12.0. The molecule has 2 aromatic rings. The summed E-state index contributed by atoms with van der Waals surface area (Å²) in [6.07, 6.45) is 1.57. The molecule has 102 valence electrons. The van der Waals surface area contributed by atoms with Crippen molar-refractivity contribution >= 4 is 5.91 Å². The Labute approximate surface area is 117 Å². The predicted molar refractivity (Wildman–Crippen MR) is 75.0 cm³/mol. The number of aliphatic hydroxyl groups excluding tert-OH is 1. The smallest absolute Gasteiger partial charge is 0.251 e. The molecule has 0 aliphatic heterocycles. The molecule has 0 bridgehead atoms. The Balaban J connectivity index is 2.05. The first-order valence-electron chi connectivity index (χ1n) is 6.21. The summed E-state index contributed by atoms with van der Waals surface area (Å²) in [7, 11) is 0. The molecule has 1 aromatic heterocycles. The van der Waals surface area contributed by atoms with Crippen LogP contribution >= 0.6 is 0 Å². The largest absolute Gasteiger partial charge is 0.467 e. The van der Waals surface area contributed by atoms with Crippen LogP contribution in [0.5, 0.6) is 0 Å². The van der Waals surface area contributed by atoms with Crippen molar-refractivity contribution in [2.75, 3.05) is 6.61 Å². The van der Waals surface area contributed by atoms with Crippen LogP contribution in [0.3, 0.4) is 0 Å². The zero-order valence-corrected chi connectivity index (χ0v) is 11.1. The van der Waals surface area contributed by atoms with Crippen molar-refractivity contribution < 1.29 is 14.3 Å². The average molecular weight is 269 g/mol.